The van der Waals surface area contributed by atoms with Crippen LogP contribution in [0.25, 0.3) is 6.08 Å². The van der Waals surface area contributed by atoms with Crippen LogP contribution in [0, 0.1) is 16.0 Å². The Morgan fingerprint density at radius 3 is 2.67 bits per heavy atom. The molecule has 158 valence electrons. The van der Waals surface area contributed by atoms with Crippen LogP contribution in [0.15, 0.2) is 30.3 Å². The smallest absolute Gasteiger partial charge is 0.341 e. The summed E-state index contributed by atoms with van der Waals surface area (Å²) in [5.74, 6) is -0.180. The van der Waals surface area contributed by atoms with Crippen LogP contribution >= 0.6 is 11.3 Å². The second kappa shape index (κ2) is 9.67. The Balaban J connectivity index is 1.79. The minimum absolute atomic E-state index is 0.00905. The molecular weight excluding hydrogens is 404 g/mol. The summed E-state index contributed by atoms with van der Waals surface area (Å²) in [6, 6.07) is 5.91. The lowest BCUT2D eigenvalue weighted by atomic mass is 9.85. The molecule has 2 aromatic rings. The number of esters is 1. The van der Waals surface area contributed by atoms with Crippen LogP contribution in [0.1, 0.15) is 53.1 Å². The number of amides is 1. The van der Waals surface area contributed by atoms with Gasteiger partial charge >= 0.3 is 5.97 Å². The fourth-order valence-electron chi connectivity index (χ4n) is 3.54. The van der Waals surface area contributed by atoms with E-state index in [0.717, 1.165) is 36.1 Å². The summed E-state index contributed by atoms with van der Waals surface area (Å²) in [6.07, 6.45) is 6.77. The normalized spacial score (nSPS) is 15.6. The van der Waals surface area contributed by atoms with Crippen molar-refractivity contribution in [1.82, 2.24) is 0 Å². The van der Waals surface area contributed by atoms with Gasteiger partial charge in [-0.3, -0.25) is 14.9 Å². The monoisotopic (exact) mass is 428 g/mol. The summed E-state index contributed by atoms with van der Waals surface area (Å²) in [5, 5.41) is 14.1. The lowest BCUT2D eigenvalue weighted by molar-refractivity contribution is -0.384. The molecule has 0 saturated carbocycles. The Hall–Kier alpha value is -3.00. The number of hydrogen-bond donors (Lipinski definition) is 1. The Labute approximate surface area is 178 Å². The maximum Gasteiger partial charge on any atom is 0.341 e. The minimum atomic E-state index is -0.473. The molecule has 3 rings (SSSR count). The number of nitro groups is 1. The third kappa shape index (κ3) is 4.94. The molecule has 0 radical (unpaired) electrons. The van der Waals surface area contributed by atoms with E-state index in [-0.39, 0.29) is 18.2 Å². The Morgan fingerprint density at radius 2 is 2.03 bits per heavy atom. The molecule has 0 bridgehead atoms. The first-order chi connectivity index (χ1) is 14.4. The highest BCUT2D eigenvalue weighted by atomic mass is 32.1. The summed E-state index contributed by atoms with van der Waals surface area (Å²) >= 11 is 1.45. The third-order valence-electron chi connectivity index (χ3n) is 5.19. The van der Waals surface area contributed by atoms with Crippen LogP contribution in [0.5, 0.6) is 0 Å². The van der Waals surface area contributed by atoms with Crippen molar-refractivity contribution in [1.29, 1.82) is 0 Å². The van der Waals surface area contributed by atoms with E-state index < -0.39 is 10.9 Å². The van der Waals surface area contributed by atoms with Gasteiger partial charge in [-0.2, -0.15) is 0 Å². The Bertz CT molecular complexity index is 978. The largest absolute Gasteiger partial charge is 0.462 e. The summed E-state index contributed by atoms with van der Waals surface area (Å²) < 4.78 is 5.23. The third-order valence-corrected chi connectivity index (χ3v) is 6.36. The van der Waals surface area contributed by atoms with Crippen molar-refractivity contribution in [2.45, 2.75) is 39.5 Å². The van der Waals surface area contributed by atoms with E-state index in [1.54, 1.807) is 25.1 Å². The molecule has 1 atom stereocenters. The van der Waals surface area contributed by atoms with Crippen LogP contribution in [0.4, 0.5) is 10.7 Å². The molecular formula is C22H24N2O5S. The van der Waals surface area contributed by atoms with E-state index in [1.807, 2.05) is 0 Å². The molecule has 0 fully saturated rings. The average Bonchev–Trinajstić information content (AvgIpc) is 3.09. The first kappa shape index (κ1) is 21.7. The van der Waals surface area contributed by atoms with Crippen LogP contribution in [-0.2, 0) is 22.4 Å². The second-order valence-corrected chi connectivity index (χ2v) is 8.22. The molecule has 1 amide bonds. The van der Waals surface area contributed by atoms with Gasteiger partial charge in [0.25, 0.3) is 5.69 Å². The number of nitrogens with zero attached hydrogens (tertiary/aromatic N) is 1. The molecule has 1 aromatic carbocycles. The molecule has 0 unspecified atom stereocenters. The highest BCUT2D eigenvalue weighted by Gasteiger charge is 2.29. The topological polar surface area (TPSA) is 98.5 Å². The van der Waals surface area contributed by atoms with Gasteiger partial charge in [0.1, 0.15) is 5.00 Å². The Morgan fingerprint density at radius 1 is 1.30 bits per heavy atom. The maximum atomic E-state index is 12.6. The first-order valence-electron chi connectivity index (χ1n) is 9.98. The van der Waals surface area contributed by atoms with Crippen molar-refractivity contribution in [2.75, 3.05) is 11.9 Å². The number of hydrogen-bond acceptors (Lipinski definition) is 6. The van der Waals surface area contributed by atoms with Gasteiger partial charge in [-0.15, -0.1) is 11.3 Å². The molecule has 7 nitrogen and oxygen atoms in total. The van der Waals surface area contributed by atoms with Gasteiger partial charge < -0.3 is 10.1 Å². The van der Waals surface area contributed by atoms with E-state index in [4.69, 9.17) is 4.74 Å². The number of fused-ring (bicyclic) bond motifs is 1. The summed E-state index contributed by atoms with van der Waals surface area (Å²) in [4.78, 5) is 36.4. The molecule has 1 N–H and O–H groups in total. The van der Waals surface area contributed by atoms with Gasteiger partial charge in [-0.1, -0.05) is 13.3 Å². The predicted octanol–water partition coefficient (Wildman–Crippen LogP) is 5.00. The molecule has 1 aromatic heterocycles. The number of carbonyl (C=O) groups excluding carboxylic acids is 2. The zero-order chi connectivity index (χ0) is 21.7. The van der Waals surface area contributed by atoms with Crippen LogP contribution in [-0.4, -0.2) is 23.4 Å². The molecule has 0 spiro atoms. The Kier molecular flexibility index (Phi) is 6.99. The zero-order valence-electron chi connectivity index (χ0n) is 17.0. The van der Waals surface area contributed by atoms with Gasteiger partial charge in [0, 0.05) is 23.1 Å². The number of anilines is 1. The van der Waals surface area contributed by atoms with Gasteiger partial charge in [0.15, 0.2) is 0 Å². The average molecular weight is 429 g/mol. The number of nitrogens with one attached hydrogen (secondary N) is 1. The van der Waals surface area contributed by atoms with Crippen molar-refractivity contribution in [2.24, 2.45) is 5.92 Å². The van der Waals surface area contributed by atoms with Crippen molar-refractivity contribution in [3.05, 3.63) is 62.0 Å². The molecule has 0 saturated heterocycles. The van der Waals surface area contributed by atoms with E-state index in [0.29, 0.717) is 22.0 Å². The molecule has 1 heterocycles. The molecule has 0 aliphatic heterocycles. The van der Waals surface area contributed by atoms with Crippen LogP contribution in [0.2, 0.25) is 0 Å². The van der Waals surface area contributed by atoms with Crippen molar-refractivity contribution >= 4 is 40.0 Å². The maximum absolute atomic E-state index is 12.6. The summed E-state index contributed by atoms with van der Waals surface area (Å²) in [7, 11) is 0. The van der Waals surface area contributed by atoms with E-state index in [2.05, 4.69) is 12.2 Å². The number of ether oxygens (including phenoxy) is 1. The predicted molar refractivity (Wildman–Crippen MR) is 117 cm³/mol. The first-order valence-corrected chi connectivity index (χ1v) is 10.8. The number of non-ortho nitro benzene ring substituents is 1. The lowest BCUT2D eigenvalue weighted by Crippen LogP contribution is -2.16. The molecule has 1 aliphatic rings. The van der Waals surface area contributed by atoms with Gasteiger partial charge in [0.05, 0.1) is 17.1 Å². The fraction of sp³-hybridized carbons (Fsp3) is 0.364. The van der Waals surface area contributed by atoms with Crippen LogP contribution < -0.4 is 5.32 Å². The number of rotatable bonds is 7. The summed E-state index contributed by atoms with van der Waals surface area (Å²) in [6.45, 7) is 4.20. The molecule has 30 heavy (non-hydrogen) atoms. The highest BCUT2D eigenvalue weighted by Crippen LogP contribution is 2.40. The summed E-state index contributed by atoms with van der Waals surface area (Å²) in [5.41, 5.74) is 2.13. The van der Waals surface area contributed by atoms with E-state index in [1.165, 1.54) is 29.5 Å². The van der Waals surface area contributed by atoms with Gasteiger partial charge in [-0.05, 0) is 61.4 Å². The molecule has 8 heteroatoms. The minimum Gasteiger partial charge on any atom is -0.462 e. The van der Waals surface area contributed by atoms with Crippen molar-refractivity contribution in [3.63, 3.8) is 0 Å². The fourth-order valence-corrected chi connectivity index (χ4v) is 4.90. The zero-order valence-corrected chi connectivity index (χ0v) is 17.8. The van der Waals surface area contributed by atoms with Crippen molar-refractivity contribution in [3.8, 4) is 0 Å². The van der Waals surface area contributed by atoms with Gasteiger partial charge in [0.2, 0.25) is 5.91 Å². The quantitative estimate of drug-likeness (QED) is 0.290. The van der Waals surface area contributed by atoms with Crippen molar-refractivity contribution < 1.29 is 19.2 Å². The SMILES string of the molecule is CCOC(=O)c1c(NC(=O)/C=C/c2ccc([N+](=O)[O-])cc2)sc2c1CC[C@@H](CC)C2. The van der Waals surface area contributed by atoms with Gasteiger partial charge in [-0.25, -0.2) is 4.79 Å². The highest BCUT2D eigenvalue weighted by molar-refractivity contribution is 7.17. The van der Waals surface area contributed by atoms with Crippen LogP contribution in [0.3, 0.4) is 0 Å². The van der Waals surface area contributed by atoms with E-state index >= 15 is 0 Å². The van der Waals surface area contributed by atoms with E-state index in [9.17, 15) is 19.7 Å². The molecule has 1 aliphatic carbocycles. The number of thiophene rings is 1. The number of carbonyl (C=O) groups is 2. The second-order valence-electron chi connectivity index (χ2n) is 7.12. The number of nitro benzene ring substituents is 1. The number of benzene rings is 1. The lowest BCUT2D eigenvalue weighted by Gasteiger charge is -2.20. The standard InChI is InChI=1S/C22H24N2O5S/c1-3-14-7-11-17-18(13-14)30-21(20(17)22(26)29-4-2)23-19(25)12-8-15-5-9-16(10-6-15)24(27)28/h5-6,8-10,12,14H,3-4,7,11,13H2,1-2H3,(H,23,25)/b12-8+/t14-/m1/s1.